The number of halogens is 4. The first-order valence-corrected chi connectivity index (χ1v) is 8.25. The van der Waals surface area contributed by atoms with E-state index in [-0.39, 0.29) is 17.1 Å². The van der Waals surface area contributed by atoms with Gasteiger partial charge in [-0.25, -0.2) is 4.90 Å². The summed E-state index contributed by atoms with van der Waals surface area (Å²) in [7, 11) is 0. The van der Waals surface area contributed by atoms with Crippen LogP contribution in [0.1, 0.15) is 31.2 Å². The Morgan fingerprint density at radius 3 is 2.42 bits per heavy atom. The van der Waals surface area contributed by atoms with Gasteiger partial charge in [-0.1, -0.05) is 11.6 Å². The van der Waals surface area contributed by atoms with Gasteiger partial charge in [-0.2, -0.15) is 13.2 Å². The highest BCUT2D eigenvalue weighted by molar-refractivity contribution is 6.36. The van der Waals surface area contributed by atoms with Gasteiger partial charge in [0.2, 0.25) is 5.91 Å². The number of imide groups is 1. The molecule has 0 aromatic heterocycles. The van der Waals surface area contributed by atoms with Crippen molar-refractivity contribution in [2.45, 2.75) is 37.9 Å². The molecule has 0 aliphatic carbocycles. The molecule has 4 nitrogen and oxygen atoms in total. The first kappa shape index (κ1) is 17.2. The number of quaternary nitrogens is 1. The lowest BCUT2D eigenvalue weighted by Gasteiger charge is -2.27. The Morgan fingerprint density at radius 1 is 1.12 bits per heavy atom. The van der Waals surface area contributed by atoms with Crippen LogP contribution in [0.2, 0.25) is 5.02 Å². The minimum atomic E-state index is -4.57. The minimum Gasteiger partial charge on any atom is -0.324 e. The molecule has 2 fully saturated rings. The summed E-state index contributed by atoms with van der Waals surface area (Å²) < 4.78 is 38.7. The lowest BCUT2D eigenvalue weighted by molar-refractivity contribution is -0.919. The molecule has 0 saturated carbocycles. The number of anilines is 1. The molecule has 3 rings (SSSR count). The predicted octanol–water partition coefficient (Wildman–Crippen LogP) is 2.06. The molecule has 0 spiro atoms. The summed E-state index contributed by atoms with van der Waals surface area (Å²) in [4.78, 5) is 26.8. The Morgan fingerprint density at radius 2 is 1.79 bits per heavy atom. The van der Waals surface area contributed by atoms with Crippen molar-refractivity contribution in [3.63, 3.8) is 0 Å². The molecular formula is C16H17ClF3N2O2+. The van der Waals surface area contributed by atoms with Gasteiger partial charge in [0.1, 0.15) is 0 Å². The van der Waals surface area contributed by atoms with Crippen LogP contribution in [0, 0.1) is 0 Å². The number of nitrogens with one attached hydrogen (secondary N) is 1. The number of alkyl halides is 3. The zero-order chi connectivity index (χ0) is 17.5. The molecular weight excluding hydrogens is 345 g/mol. The molecule has 2 saturated heterocycles. The number of carbonyl (C=O) groups excluding carboxylic acids is 2. The van der Waals surface area contributed by atoms with Crippen LogP contribution in [0.5, 0.6) is 0 Å². The molecule has 2 aliphatic rings. The third-order valence-electron chi connectivity index (χ3n) is 4.65. The Kier molecular flexibility index (Phi) is 4.57. The van der Waals surface area contributed by atoms with Crippen molar-refractivity contribution >= 4 is 29.1 Å². The van der Waals surface area contributed by atoms with Crippen molar-refractivity contribution < 1.29 is 27.7 Å². The van der Waals surface area contributed by atoms with E-state index in [0.717, 1.165) is 60.4 Å². The lowest BCUT2D eigenvalue weighted by Crippen LogP contribution is -3.17. The van der Waals surface area contributed by atoms with Crippen LogP contribution in [0.3, 0.4) is 0 Å². The highest BCUT2D eigenvalue weighted by Crippen LogP contribution is 2.36. The van der Waals surface area contributed by atoms with Crippen LogP contribution >= 0.6 is 11.6 Å². The Labute approximate surface area is 142 Å². The maximum atomic E-state index is 12.9. The van der Waals surface area contributed by atoms with Crippen LogP contribution in [0.25, 0.3) is 0 Å². The van der Waals surface area contributed by atoms with Gasteiger partial charge < -0.3 is 4.90 Å². The van der Waals surface area contributed by atoms with Gasteiger partial charge in [-0.15, -0.1) is 0 Å². The maximum absolute atomic E-state index is 12.9. The zero-order valence-electron chi connectivity index (χ0n) is 12.8. The standard InChI is InChI=1S/C16H16ClF3N2O2/c17-11-5-4-10(16(18,19)20)8-12(11)22-14(23)9-13(15(22)24)21-6-2-1-3-7-21/h4-5,8,13H,1-3,6-7,9H2/p+1/t13-/m0/s1. The van der Waals surface area contributed by atoms with Gasteiger partial charge >= 0.3 is 6.18 Å². The second kappa shape index (κ2) is 6.37. The number of benzene rings is 1. The summed E-state index contributed by atoms with van der Waals surface area (Å²) in [6.45, 7) is 1.60. The number of amides is 2. The van der Waals surface area contributed by atoms with Gasteiger partial charge in [0.15, 0.2) is 6.04 Å². The van der Waals surface area contributed by atoms with Gasteiger partial charge in [0.25, 0.3) is 5.91 Å². The second-order valence-electron chi connectivity index (χ2n) is 6.21. The lowest BCUT2D eigenvalue weighted by atomic mass is 10.1. The van der Waals surface area contributed by atoms with E-state index in [1.165, 1.54) is 0 Å². The molecule has 0 bridgehead atoms. The molecule has 2 aliphatic heterocycles. The molecule has 1 atom stereocenters. The molecule has 1 N–H and O–H groups in total. The summed E-state index contributed by atoms with van der Waals surface area (Å²) in [5.74, 6) is -0.956. The normalized spacial score (nSPS) is 23.2. The van der Waals surface area contributed by atoms with Crippen LogP contribution in [-0.4, -0.2) is 30.9 Å². The van der Waals surface area contributed by atoms with Crippen LogP contribution in [0.15, 0.2) is 18.2 Å². The average Bonchev–Trinajstić information content (AvgIpc) is 2.83. The van der Waals surface area contributed by atoms with Crippen LogP contribution in [0.4, 0.5) is 18.9 Å². The van der Waals surface area contributed by atoms with E-state index < -0.39 is 29.6 Å². The fourth-order valence-electron chi connectivity index (χ4n) is 3.42. The van der Waals surface area contributed by atoms with Gasteiger partial charge in [-0.3, -0.25) is 9.59 Å². The summed E-state index contributed by atoms with van der Waals surface area (Å²) in [5, 5.41) is -0.0426. The SMILES string of the molecule is O=C1C[C@H]([NH+]2CCCCC2)C(=O)N1c1cc(C(F)(F)F)ccc1Cl. The molecule has 0 radical (unpaired) electrons. The molecule has 1 aromatic carbocycles. The van der Waals surface area contributed by atoms with E-state index >= 15 is 0 Å². The van der Waals surface area contributed by atoms with E-state index in [0.29, 0.717) is 0 Å². The van der Waals surface area contributed by atoms with Gasteiger partial charge in [-0.05, 0) is 37.5 Å². The van der Waals surface area contributed by atoms with E-state index in [2.05, 4.69) is 0 Å². The van der Waals surface area contributed by atoms with Crippen molar-refractivity contribution in [2.24, 2.45) is 0 Å². The number of hydrogen-bond donors (Lipinski definition) is 1. The monoisotopic (exact) mass is 361 g/mol. The first-order valence-electron chi connectivity index (χ1n) is 7.87. The number of likely N-dealkylation sites (tertiary alicyclic amines) is 1. The largest absolute Gasteiger partial charge is 0.416 e. The third-order valence-corrected chi connectivity index (χ3v) is 4.97. The highest BCUT2D eigenvalue weighted by atomic mass is 35.5. The third kappa shape index (κ3) is 3.15. The summed E-state index contributed by atoms with van der Waals surface area (Å²) in [6, 6.07) is 2.15. The number of nitrogens with zero attached hydrogens (tertiary/aromatic N) is 1. The predicted molar refractivity (Wildman–Crippen MR) is 81.9 cm³/mol. The van der Waals surface area contributed by atoms with Gasteiger partial charge in [0, 0.05) is 0 Å². The Bertz CT molecular complexity index is 672. The van der Waals surface area contributed by atoms with Crippen molar-refractivity contribution in [1.82, 2.24) is 0 Å². The molecule has 8 heteroatoms. The van der Waals surface area contributed by atoms with Crippen molar-refractivity contribution in [2.75, 3.05) is 18.0 Å². The number of rotatable bonds is 2. The average molecular weight is 362 g/mol. The number of hydrogen-bond acceptors (Lipinski definition) is 2. The molecule has 1 aromatic rings. The number of carbonyl (C=O) groups is 2. The van der Waals surface area contributed by atoms with E-state index in [1.807, 2.05) is 0 Å². The van der Waals surface area contributed by atoms with E-state index in [9.17, 15) is 22.8 Å². The fraction of sp³-hybridized carbons (Fsp3) is 0.500. The second-order valence-corrected chi connectivity index (χ2v) is 6.61. The first-order chi connectivity index (χ1) is 11.3. The quantitative estimate of drug-likeness (QED) is 0.819. The fourth-order valence-corrected chi connectivity index (χ4v) is 3.62. The van der Waals surface area contributed by atoms with Crippen LogP contribution in [-0.2, 0) is 15.8 Å². The molecule has 130 valence electrons. The summed E-state index contributed by atoms with van der Waals surface area (Å²) >= 11 is 5.97. The molecule has 0 unspecified atom stereocenters. The molecule has 24 heavy (non-hydrogen) atoms. The molecule has 2 heterocycles. The van der Waals surface area contributed by atoms with Crippen molar-refractivity contribution in [3.8, 4) is 0 Å². The van der Waals surface area contributed by atoms with E-state index in [4.69, 9.17) is 11.6 Å². The van der Waals surface area contributed by atoms with Crippen LogP contribution < -0.4 is 9.80 Å². The Balaban J connectivity index is 1.91. The topological polar surface area (TPSA) is 41.8 Å². The molecule has 2 amide bonds. The Hall–Kier alpha value is -1.60. The van der Waals surface area contributed by atoms with Gasteiger partial charge in [0.05, 0.1) is 35.8 Å². The minimum absolute atomic E-state index is 0.0146. The number of piperidine rings is 1. The smallest absolute Gasteiger partial charge is 0.324 e. The summed E-state index contributed by atoms with van der Waals surface area (Å²) in [6.07, 6.45) is -1.49. The van der Waals surface area contributed by atoms with Crippen molar-refractivity contribution in [3.05, 3.63) is 28.8 Å². The van der Waals surface area contributed by atoms with Crippen molar-refractivity contribution in [1.29, 1.82) is 0 Å². The van der Waals surface area contributed by atoms with E-state index in [1.54, 1.807) is 0 Å². The highest BCUT2D eigenvalue weighted by Gasteiger charge is 2.47. The summed E-state index contributed by atoms with van der Waals surface area (Å²) in [5.41, 5.74) is -1.11. The maximum Gasteiger partial charge on any atom is 0.416 e. The zero-order valence-corrected chi connectivity index (χ0v) is 13.6.